The Hall–Kier alpha value is -0.380. The fourth-order valence-electron chi connectivity index (χ4n) is 2.84. The second kappa shape index (κ2) is 6.38. The lowest BCUT2D eigenvalue weighted by atomic mass is 9.93. The molecule has 0 bridgehead atoms. The highest BCUT2D eigenvalue weighted by Gasteiger charge is 2.32. The molecule has 1 aliphatic heterocycles. The van der Waals surface area contributed by atoms with Gasteiger partial charge in [-0.25, -0.2) is 0 Å². The van der Waals surface area contributed by atoms with Crippen molar-refractivity contribution in [1.29, 1.82) is 0 Å². The molecule has 2 atom stereocenters. The molecule has 0 spiro atoms. The Labute approximate surface area is 124 Å². The second-order valence-corrected chi connectivity index (χ2v) is 7.07. The molecule has 3 heteroatoms. The predicted octanol–water partition coefficient (Wildman–Crippen LogP) is 3.95. The third-order valence-electron chi connectivity index (χ3n) is 3.82. The van der Waals surface area contributed by atoms with E-state index in [-0.39, 0.29) is 18.1 Å². The minimum atomic E-state index is 0.0143. The summed E-state index contributed by atoms with van der Waals surface area (Å²) in [5.74, 6) is 0.285. The zero-order valence-electron chi connectivity index (χ0n) is 11.7. The first-order chi connectivity index (χ1) is 8.98. The molecule has 0 saturated carbocycles. The molecule has 1 N–H and O–H groups in total. The van der Waals surface area contributed by atoms with Crippen molar-refractivity contribution in [3.63, 3.8) is 0 Å². The molecule has 1 aliphatic rings. The number of ether oxygens (including phenoxy) is 1. The van der Waals surface area contributed by atoms with Crippen LogP contribution in [-0.4, -0.2) is 23.4 Å². The Morgan fingerprint density at radius 3 is 2.84 bits per heavy atom. The van der Waals surface area contributed by atoms with Gasteiger partial charge in [0.15, 0.2) is 0 Å². The van der Waals surface area contributed by atoms with E-state index < -0.39 is 0 Å². The Balaban J connectivity index is 1.90. The maximum absolute atomic E-state index is 9.58. The summed E-state index contributed by atoms with van der Waals surface area (Å²) in [4.78, 5) is 0. The number of aliphatic hydroxyl groups is 1. The highest BCUT2D eigenvalue weighted by atomic mass is 79.9. The van der Waals surface area contributed by atoms with Gasteiger partial charge in [-0.05, 0) is 63.1 Å². The quantitative estimate of drug-likeness (QED) is 0.887. The first-order valence-electron chi connectivity index (χ1n) is 7.01. The van der Waals surface area contributed by atoms with Crippen molar-refractivity contribution in [2.24, 2.45) is 5.92 Å². The van der Waals surface area contributed by atoms with Gasteiger partial charge < -0.3 is 9.84 Å². The maximum Gasteiger partial charge on any atom is 0.0631 e. The van der Waals surface area contributed by atoms with Crippen molar-refractivity contribution < 1.29 is 9.84 Å². The van der Waals surface area contributed by atoms with Gasteiger partial charge in [-0.2, -0.15) is 0 Å². The zero-order valence-corrected chi connectivity index (χ0v) is 13.3. The van der Waals surface area contributed by atoms with E-state index >= 15 is 0 Å². The molecule has 0 radical (unpaired) electrons. The molecular formula is C16H23BrO2. The topological polar surface area (TPSA) is 29.5 Å². The number of halogens is 1. The zero-order chi connectivity index (χ0) is 13.9. The van der Waals surface area contributed by atoms with Crippen LogP contribution in [0, 0.1) is 5.92 Å². The Morgan fingerprint density at radius 1 is 1.47 bits per heavy atom. The SMILES string of the molecule is CC1(C)CCC(CC(CO)Cc2cccc(Br)c2)O1. The van der Waals surface area contributed by atoms with Crippen LogP contribution in [0.1, 0.15) is 38.7 Å². The number of hydrogen-bond acceptors (Lipinski definition) is 2. The Kier molecular flexibility index (Phi) is 5.04. The van der Waals surface area contributed by atoms with Gasteiger partial charge in [0.2, 0.25) is 0 Å². The number of benzene rings is 1. The van der Waals surface area contributed by atoms with E-state index in [1.54, 1.807) is 0 Å². The van der Waals surface area contributed by atoms with E-state index in [1.807, 2.05) is 12.1 Å². The summed E-state index contributed by atoms with van der Waals surface area (Å²) in [6.07, 6.45) is 4.40. The molecule has 2 unspecified atom stereocenters. The third kappa shape index (κ3) is 4.59. The number of rotatable bonds is 5. The molecule has 2 rings (SSSR count). The molecular weight excluding hydrogens is 304 g/mol. The van der Waals surface area contributed by atoms with E-state index in [1.165, 1.54) is 5.56 Å². The smallest absolute Gasteiger partial charge is 0.0631 e. The summed E-state index contributed by atoms with van der Waals surface area (Å²) < 4.78 is 7.12. The van der Waals surface area contributed by atoms with Crippen molar-refractivity contribution >= 4 is 15.9 Å². The van der Waals surface area contributed by atoms with E-state index in [9.17, 15) is 5.11 Å². The maximum atomic E-state index is 9.58. The van der Waals surface area contributed by atoms with Crippen LogP contribution in [0.5, 0.6) is 0 Å². The second-order valence-electron chi connectivity index (χ2n) is 6.16. The fourth-order valence-corrected chi connectivity index (χ4v) is 3.28. The summed E-state index contributed by atoms with van der Waals surface area (Å²) in [6.45, 7) is 4.53. The monoisotopic (exact) mass is 326 g/mol. The Bertz CT molecular complexity index is 417. The van der Waals surface area contributed by atoms with Crippen LogP contribution in [0.2, 0.25) is 0 Å². The van der Waals surface area contributed by atoms with E-state index in [0.29, 0.717) is 6.10 Å². The Morgan fingerprint density at radius 2 is 2.26 bits per heavy atom. The van der Waals surface area contributed by atoms with Crippen LogP contribution in [0.4, 0.5) is 0 Å². The molecule has 0 aromatic heterocycles. The highest BCUT2D eigenvalue weighted by molar-refractivity contribution is 9.10. The van der Waals surface area contributed by atoms with Crippen LogP contribution in [0.15, 0.2) is 28.7 Å². The van der Waals surface area contributed by atoms with Crippen molar-refractivity contribution in [3.05, 3.63) is 34.3 Å². The first-order valence-corrected chi connectivity index (χ1v) is 7.81. The van der Waals surface area contributed by atoms with Crippen molar-refractivity contribution in [2.75, 3.05) is 6.61 Å². The van der Waals surface area contributed by atoms with Crippen LogP contribution in [0.3, 0.4) is 0 Å². The summed E-state index contributed by atoms with van der Waals surface area (Å²) in [5.41, 5.74) is 1.28. The van der Waals surface area contributed by atoms with Crippen molar-refractivity contribution in [3.8, 4) is 0 Å². The molecule has 1 aromatic carbocycles. The number of hydrogen-bond donors (Lipinski definition) is 1. The molecule has 1 fully saturated rings. The van der Waals surface area contributed by atoms with Crippen molar-refractivity contribution in [2.45, 2.75) is 51.2 Å². The lowest BCUT2D eigenvalue weighted by molar-refractivity contribution is -0.0276. The molecule has 2 nitrogen and oxygen atoms in total. The lowest BCUT2D eigenvalue weighted by Crippen LogP contribution is -2.23. The largest absolute Gasteiger partial charge is 0.396 e. The van der Waals surface area contributed by atoms with Gasteiger partial charge in [0, 0.05) is 11.1 Å². The van der Waals surface area contributed by atoms with E-state index in [0.717, 1.165) is 30.2 Å². The van der Waals surface area contributed by atoms with Gasteiger partial charge >= 0.3 is 0 Å². The van der Waals surface area contributed by atoms with Gasteiger partial charge in [-0.15, -0.1) is 0 Å². The van der Waals surface area contributed by atoms with Gasteiger partial charge in [0.1, 0.15) is 0 Å². The average molecular weight is 327 g/mol. The van der Waals surface area contributed by atoms with Crippen LogP contribution < -0.4 is 0 Å². The minimum Gasteiger partial charge on any atom is -0.396 e. The van der Waals surface area contributed by atoms with Crippen LogP contribution in [-0.2, 0) is 11.2 Å². The molecule has 19 heavy (non-hydrogen) atoms. The highest BCUT2D eigenvalue weighted by Crippen LogP contribution is 2.33. The van der Waals surface area contributed by atoms with Gasteiger partial charge in [0.05, 0.1) is 11.7 Å². The normalized spacial score (nSPS) is 23.5. The van der Waals surface area contributed by atoms with E-state index in [4.69, 9.17) is 4.74 Å². The summed E-state index contributed by atoms with van der Waals surface area (Å²) >= 11 is 3.49. The average Bonchev–Trinajstić information content (AvgIpc) is 2.68. The first kappa shape index (κ1) is 15.0. The molecule has 106 valence electrons. The van der Waals surface area contributed by atoms with Crippen molar-refractivity contribution in [1.82, 2.24) is 0 Å². The molecule has 0 aliphatic carbocycles. The van der Waals surface area contributed by atoms with E-state index in [2.05, 4.69) is 41.9 Å². The molecule has 0 amide bonds. The lowest BCUT2D eigenvalue weighted by Gasteiger charge is -2.22. The summed E-state index contributed by atoms with van der Waals surface area (Å²) in [7, 11) is 0. The van der Waals surface area contributed by atoms with Gasteiger partial charge in [-0.1, -0.05) is 28.1 Å². The van der Waals surface area contributed by atoms with Gasteiger partial charge in [-0.3, -0.25) is 0 Å². The van der Waals surface area contributed by atoms with Gasteiger partial charge in [0.25, 0.3) is 0 Å². The molecule has 1 heterocycles. The minimum absolute atomic E-state index is 0.0143. The predicted molar refractivity (Wildman–Crippen MR) is 81.2 cm³/mol. The van der Waals surface area contributed by atoms with Crippen LogP contribution >= 0.6 is 15.9 Å². The van der Waals surface area contributed by atoms with Crippen LogP contribution in [0.25, 0.3) is 0 Å². The summed E-state index contributed by atoms with van der Waals surface area (Å²) in [6, 6.07) is 8.32. The third-order valence-corrected chi connectivity index (χ3v) is 4.32. The molecule has 1 aromatic rings. The fraction of sp³-hybridized carbons (Fsp3) is 0.625. The molecule has 1 saturated heterocycles. The summed E-state index contributed by atoms with van der Waals surface area (Å²) in [5, 5.41) is 9.58. The number of aliphatic hydroxyl groups excluding tert-OH is 1. The standard InChI is InChI=1S/C16H23BrO2/c1-16(2)7-6-15(19-16)10-13(11-18)8-12-4-3-5-14(17)9-12/h3-5,9,13,15,18H,6-8,10-11H2,1-2H3.